The Morgan fingerprint density at radius 2 is 2.05 bits per heavy atom. The maximum Gasteiger partial charge on any atom is 0.305 e. The van der Waals surface area contributed by atoms with Gasteiger partial charge in [-0.1, -0.05) is 34.9 Å². The normalized spacial score (nSPS) is 18.9. The summed E-state index contributed by atoms with van der Waals surface area (Å²) in [5.74, 6) is -0.265. The predicted octanol–water partition coefficient (Wildman–Crippen LogP) is 3.03. The highest BCUT2D eigenvalue weighted by atomic mass is 33.1. The third kappa shape index (κ3) is 8.08. The second-order valence-corrected chi connectivity index (χ2v) is 8.30. The number of nitrogens with one attached hydrogen (secondary N) is 1. The molecule has 0 aromatic rings. The van der Waals surface area contributed by atoms with Gasteiger partial charge in [0, 0.05) is 23.8 Å². The van der Waals surface area contributed by atoms with Gasteiger partial charge in [-0.25, -0.2) is 0 Å². The average molecular weight is 348 g/mol. The molecule has 0 aliphatic carbocycles. The minimum atomic E-state index is -1.06. The van der Waals surface area contributed by atoms with E-state index in [1.807, 2.05) is 28.5 Å². The number of carboxylic acid groups (broad SMARTS) is 1. The number of ketones is 1. The van der Waals surface area contributed by atoms with E-state index in [1.165, 1.54) is 12.2 Å². The molecule has 1 heterocycles. The van der Waals surface area contributed by atoms with Crippen LogP contribution in [-0.4, -0.2) is 39.8 Å². The highest BCUT2D eigenvalue weighted by Gasteiger charge is 2.22. The molecule has 0 aromatic carbocycles. The van der Waals surface area contributed by atoms with E-state index < -0.39 is 12.0 Å². The van der Waals surface area contributed by atoms with E-state index in [0.717, 1.165) is 19.3 Å². The topological polar surface area (TPSA) is 83.5 Å². The van der Waals surface area contributed by atoms with Crippen LogP contribution >= 0.6 is 21.6 Å². The Morgan fingerprint density at radius 3 is 2.64 bits per heavy atom. The van der Waals surface area contributed by atoms with Gasteiger partial charge in [-0.15, -0.1) is 0 Å². The molecule has 0 aromatic heterocycles. The molecule has 2 N–H and O–H groups in total. The molecule has 0 saturated carbocycles. The van der Waals surface area contributed by atoms with Crippen molar-refractivity contribution in [1.29, 1.82) is 0 Å². The van der Waals surface area contributed by atoms with E-state index >= 15 is 0 Å². The Hall–Kier alpha value is -0.690. The molecule has 1 unspecified atom stereocenters. The molecule has 22 heavy (non-hydrogen) atoms. The van der Waals surface area contributed by atoms with Gasteiger partial charge in [0.1, 0.15) is 0 Å². The van der Waals surface area contributed by atoms with Crippen molar-refractivity contribution in [3.63, 3.8) is 0 Å². The van der Waals surface area contributed by atoms with Gasteiger partial charge in [-0.05, 0) is 25.7 Å². The number of carbonyl (C=O) groups is 3. The standard InChI is InChI=1S/C15H25NO4S2/c1-2-5-13(17)12(10-15(19)20)16-14(18)7-4-3-6-11-8-9-21-22-11/h11-12H,2-10H2,1H3,(H,16,18)(H,19,20)/t11-,12?/m1/s1. The zero-order valence-electron chi connectivity index (χ0n) is 13.0. The lowest BCUT2D eigenvalue weighted by molar-refractivity contribution is -0.140. The zero-order valence-corrected chi connectivity index (χ0v) is 14.6. The van der Waals surface area contributed by atoms with Crippen molar-refractivity contribution in [2.24, 2.45) is 0 Å². The summed E-state index contributed by atoms with van der Waals surface area (Å²) in [5.41, 5.74) is 0. The highest BCUT2D eigenvalue weighted by Crippen LogP contribution is 2.39. The number of Topliss-reactive ketones (excluding diaryl/α,β-unsaturated/α-hetero) is 1. The summed E-state index contributed by atoms with van der Waals surface area (Å²) in [6.07, 6.45) is 5.14. The third-order valence-corrected chi connectivity index (χ3v) is 6.51. The number of hydrogen-bond acceptors (Lipinski definition) is 5. The van der Waals surface area contributed by atoms with E-state index in [0.29, 0.717) is 24.5 Å². The fraction of sp³-hybridized carbons (Fsp3) is 0.800. The average Bonchev–Trinajstić information content (AvgIpc) is 2.96. The number of unbranched alkanes of at least 4 members (excludes halogenated alkanes) is 1. The van der Waals surface area contributed by atoms with Crippen molar-refractivity contribution in [1.82, 2.24) is 5.32 Å². The Bertz CT molecular complexity index is 384. The first-order chi connectivity index (χ1) is 10.5. The monoisotopic (exact) mass is 347 g/mol. The summed E-state index contributed by atoms with van der Waals surface area (Å²) in [7, 11) is 3.85. The summed E-state index contributed by atoms with van der Waals surface area (Å²) in [6, 6.07) is -0.883. The molecule has 5 nitrogen and oxygen atoms in total. The molecule has 1 rings (SSSR count). The second-order valence-electron chi connectivity index (χ2n) is 5.51. The van der Waals surface area contributed by atoms with Crippen molar-refractivity contribution < 1.29 is 19.5 Å². The summed E-state index contributed by atoms with van der Waals surface area (Å²) in [6.45, 7) is 1.86. The molecule has 2 atom stereocenters. The van der Waals surface area contributed by atoms with Gasteiger partial charge in [-0.3, -0.25) is 14.4 Å². The Balaban J connectivity index is 2.25. The van der Waals surface area contributed by atoms with E-state index in [-0.39, 0.29) is 18.1 Å². The molecule has 1 saturated heterocycles. The number of rotatable bonds is 11. The van der Waals surface area contributed by atoms with Gasteiger partial charge in [0.05, 0.1) is 12.5 Å². The molecule has 1 aliphatic rings. The lowest BCUT2D eigenvalue weighted by Crippen LogP contribution is -2.42. The summed E-state index contributed by atoms with van der Waals surface area (Å²) in [4.78, 5) is 34.5. The Morgan fingerprint density at radius 1 is 1.27 bits per heavy atom. The van der Waals surface area contributed by atoms with Crippen LogP contribution in [0.2, 0.25) is 0 Å². The van der Waals surface area contributed by atoms with Gasteiger partial charge < -0.3 is 10.4 Å². The van der Waals surface area contributed by atoms with Crippen LogP contribution in [0.3, 0.4) is 0 Å². The van der Waals surface area contributed by atoms with Gasteiger partial charge in [0.2, 0.25) is 5.91 Å². The van der Waals surface area contributed by atoms with Crippen molar-refractivity contribution in [2.75, 3.05) is 5.75 Å². The van der Waals surface area contributed by atoms with Crippen molar-refractivity contribution in [2.45, 2.75) is 69.6 Å². The molecule has 0 bridgehead atoms. The molecule has 0 radical (unpaired) electrons. The van der Waals surface area contributed by atoms with Crippen LogP contribution in [0.15, 0.2) is 0 Å². The molecule has 0 spiro atoms. The van der Waals surface area contributed by atoms with Gasteiger partial charge >= 0.3 is 5.97 Å². The van der Waals surface area contributed by atoms with Crippen LogP contribution in [0.5, 0.6) is 0 Å². The first kappa shape index (κ1) is 19.4. The largest absolute Gasteiger partial charge is 0.481 e. The third-order valence-electron chi connectivity index (χ3n) is 3.51. The molecule has 1 fully saturated rings. The van der Waals surface area contributed by atoms with Gasteiger partial charge in [0.25, 0.3) is 0 Å². The van der Waals surface area contributed by atoms with E-state index in [1.54, 1.807) is 0 Å². The number of carbonyl (C=O) groups excluding carboxylic acids is 2. The molecule has 1 amide bonds. The predicted molar refractivity (Wildman–Crippen MR) is 91.0 cm³/mol. The van der Waals surface area contributed by atoms with Crippen LogP contribution in [-0.2, 0) is 14.4 Å². The number of hydrogen-bond donors (Lipinski definition) is 2. The van der Waals surface area contributed by atoms with E-state index in [9.17, 15) is 14.4 Å². The fourth-order valence-electron chi connectivity index (χ4n) is 2.33. The minimum absolute atomic E-state index is 0.197. The molecule has 7 heteroatoms. The quantitative estimate of drug-likeness (QED) is 0.441. The Labute approximate surface area is 139 Å². The van der Waals surface area contributed by atoms with Crippen LogP contribution < -0.4 is 5.32 Å². The molecular formula is C15H25NO4S2. The SMILES string of the molecule is CCCC(=O)C(CC(=O)O)NC(=O)CCCC[C@@H]1CCSS1. The molecule has 126 valence electrons. The van der Waals surface area contributed by atoms with Crippen molar-refractivity contribution in [3.8, 4) is 0 Å². The van der Waals surface area contributed by atoms with E-state index in [4.69, 9.17) is 5.11 Å². The summed E-state index contributed by atoms with van der Waals surface area (Å²) in [5, 5.41) is 12.1. The highest BCUT2D eigenvalue weighted by molar-refractivity contribution is 8.77. The lowest BCUT2D eigenvalue weighted by atomic mass is 10.0. The molecular weight excluding hydrogens is 322 g/mol. The first-order valence-electron chi connectivity index (χ1n) is 7.85. The second kappa shape index (κ2) is 10.9. The number of aliphatic carboxylic acids is 1. The van der Waals surface area contributed by atoms with Crippen LogP contribution in [0.4, 0.5) is 0 Å². The Kier molecular flexibility index (Phi) is 9.63. The van der Waals surface area contributed by atoms with Crippen LogP contribution in [0.1, 0.15) is 58.3 Å². The van der Waals surface area contributed by atoms with Crippen LogP contribution in [0, 0.1) is 0 Å². The fourth-order valence-corrected chi connectivity index (χ4v) is 5.36. The maximum atomic E-state index is 11.9. The molecule has 1 aliphatic heterocycles. The van der Waals surface area contributed by atoms with Crippen LogP contribution in [0.25, 0.3) is 0 Å². The maximum absolute atomic E-state index is 11.9. The van der Waals surface area contributed by atoms with Crippen molar-refractivity contribution in [3.05, 3.63) is 0 Å². The van der Waals surface area contributed by atoms with Crippen molar-refractivity contribution >= 4 is 39.2 Å². The smallest absolute Gasteiger partial charge is 0.305 e. The number of amides is 1. The van der Waals surface area contributed by atoms with Gasteiger partial charge in [0.15, 0.2) is 5.78 Å². The lowest BCUT2D eigenvalue weighted by Gasteiger charge is -2.15. The first-order valence-corrected chi connectivity index (χ1v) is 10.2. The van der Waals surface area contributed by atoms with E-state index in [2.05, 4.69) is 5.32 Å². The number of carboxylic acids is 1. The zero-order chi connectivity index (χ0) is 16.4. The summed E-state index contributed by atoms with van der Waals surface area (Å²) >= 11 is 0. The minimum Gasteiger partial charge on any atom is -0.481 e. The summed E-state index contributed by atoms with van der Waals surface area (Å²) < 4.78 is 0. The van der Waals surface area contributed by atoms with Gasteiger partial charge in [-0.2, -0.15) is 0 Å².